The number of hydrogen-bond acceptors (Lipinski definition) is 6. The molecule has 196 valence electrons. The summed E-state index contributed by atoms with van der Waals surface area (Å²) in [4.78, 5) is 17.0. The number of benzene rings is 2. The van der Waals surface area contributed by atoms with E-state index in [-0.39, 0.29) is 16.4 Å². The number of aromatic hydroxyl groups is 2. The third kappa shape index (κ3) is 7.11. The Morgan fingerprint density at radius 1 is 1.06 bits per heavy atom. The molecule has 0 fully saturated rings. The highest BCUT2D eigenvalue weighted by molar-refractivity contribution is 7.16. The molecule has 0 bridgehead atoms. The van der Waals surface area contributed by atoms with Gasteiger partial charge in [-0.05, 0) is 100 Å². The lowest BCUT2D eigenvalue weighted by atomic mass is 9.86. The predicted molar refractivity (Wildman–Crippen MR) is 150 cm³/mol. The third-order valence-corrected chi connectivity index (χ3v) is 8.29. The Morgan fingerprint density at radius 2 is 1.89 bits per heavy atom. The fourth-order valence-electron chi connectivity index (χ4n) is 5.48. The Labute approximate surface area is 218 Å². The number of rotatable bonds is 14. The summed E-state index contributed by atoms with van der Waals surface area (Å²) >= 11 is 1.28. The van der Waals surface area contributed by atoms with Gasteiger partial charge in [0.2, 0.25) is 0 Å². The number of fused-ring (bicyclic) bond motifs is 2. The zero-order valence-electron chi connectivity index (χ0n) is 21.5. The van der Waals surface area contributed by atoms with Crippen molar-refractivity contribution in [2.24, 2.45) is 0 Å². The molecule has 36 heavy (non-hydrogen) atoms. The second kappa shape index (κ2) is 13.3. The van der Waals surface area contributed by atoms with Gasteiger partial charge in [0, 0.05) is 11.6 Å². The normalized spacial score (nSPS) is 15.6. The number of aromatic amines is 1. The van der Waals surface area contributed by atoms with E-state index in [2.05, 4.69) is 34.3 Å². The van der Waals surface area contributed by atoms with Crippen molar-refractivity contribution < 1.29 is 10.2 Å². The molecule has 4 N–H and O–H groups in total. The molecule has 6 nitrogen and oxygen atoms in total. The molecular weight excluding hydrogens is 470 g/mol. The molecule has 1 aromatic heterocycles. The molecule has 1 heterocycles. The number of aromatic nitrogens is 1. The van der Waals surface area contributed by atoms with Crippen LogP contribution in [0.25, 0.3) is 10.2 Å². The van der Waals surface area contributed by atoms with Gasteiger partial charge in [-0.15, -0.1) is 0 Å². The van der Waals surface area contributed by atoms with Crippen LogP contribution in [0.1, 0.15) is 68.6 Å². The van der Waals surface area contributed by atoms with E-state index in [1.54, 1.807) is 6.07 Å². The molecule has 7 heteroatoms. The first-order valence-electron chi connectivity index (χ1n) is 13.6. The molecule has 1 aliphatic carbocycles. The lowest BCUT2D eigenvalue weighted by molar-refractivity contribution is 0.175. The van der Waals surface area contributed by atoms with Gasteiger partial charge in [0.1, 0.15) is 0 Å². The van der Waals surface area contributed by atoms with Crippen LogP contribution in [-0.4, -0.2) is 52.3 Å². The van der Waals surface area contributed by atoms with Gasteiger partial charge in [-0.25, -0.2) is 0 Å². The number of phenolic OH excluding ortho intramolecular Hbond substituents is 2. The molecular formula is C29H41N3O3S. The molecule has 0 radical (unpaired) electrons. The molecule has 2 aromatic carbocycles. The van der Waals surface area contributed by atoms with Crippen LogP contribution in [0.15, 0.2) is 35.1 Å². The van der Waals surface area contributed by atoms with Gasteiger partial charge in [0.25, 0.3) is 0 Å². The fraction of sp³-hybridized carbons (Fsp3) is 0.552. The van der Waals surface area contributed by atoms with Crippen LogP contribution in [0.5, 0.6) is 11.5 Å². The molecule has 1 atom stereocenters. The minimum Gasteiger partial charge on any atom is -0.504 e. The number of hydrogen-bond donors (Lipinski definition) is 4. The van der Waals surface area contributed by atoms with Crippen LogP contribution in [0.3, 0.4) is 0 Å². The average Bonchev–Trinajstić information content (AvgIpc) is 3.25. The van der Waals surface area contributed by atoms with Crippen molar-refractivity contribution in [3.8, 4) is 11.5 Å². The van der Waals surface area contributed by atoms with Crippen molar-refractivity contribution in [1.82, 2.24) is 15.2 Å². The average molecular weight is 512 g/mol. The lowest BCUT2D eigenvalue weighted by Gasteiger charge is -2.35. The molecule has 0 unspecified atom stereocenters. The summed E-state index contributed by atoms with van der Waals surface area (Å²) in [6.07, 6.45) is 11.3. The molecule has 0 saturated heterocycles. The topological polar surface area (TPSA) is 88.6 Å². The minimum absolute atomic E-state index is 0.00238. The van der Waals surface area contributed by atoms with Gasteiger partial charge in [-0.3, -0.25) is 4.79 Å². The van der Waals surface area contributed by atoms with E-state index in [0.29, 0.717) is 6.04 Å². The number of unbranched alkanes of at least 4 members (excludes halogenated alkanes) is 4. The molecule has 0 aliphatic heterocycles. The Hall–Kier alpha value is -2.35. The van der Waals surface area contributed by atoms with Gasteiger partial charge in [0.15, 0.2) is 11.5 Å². The summed E-state index contributed by atoms with van der Waals surface area (Å²) in [6.45, 7) is 6.56. The standard InChI is InChI=1S/C29H41N3O3S/c1-2-17-32(23-10-11-24-22(20-23)9-13-26(33)28(24)34)18-7-5-3-4-6-15-30-16-14-21-8-12-25-27(19-21)36-29(35)31-25/h8-9,12-13,19,23,30,33-34H,2-7,10-11,14-18,20H2,1H3,(H,31,35)/t23-/m0/s1. The van der Waals surface area contributed by atoms with Crippen molar-refractivity contribution in [3.05, 3.63) is 56.7 Å². The maximum Gasteiger partial charge on any atom is 0.305 e. The quantitative estimate of drug-likeness (QED) is 0.173. The minimum atomic E-state index is 0.00238. The highest BCUT2D eigenvalue weighted by Crippen LogP contribution is 2.36. The van der Waals surface area contributed by atoms with Crippen LogP contribution in [-0.2, 0) is 19.3 Å². The Balaban J connectivity index is 1.08. The van der Waals surface area contributed by atoms with E-state index in [1.807, 2.05) is 12.1 Å². The second-order valence-corrected chi connectivity index (χ2v) is 11.1. The van der Waals surface area contributed by atoms with Crippen LogP contribution in [0.2, 0.25) is 0 Å². The molecule has 0 saturated carbocycles. The van der Waals surface area contributed by atoms with Gasteiger partial charge >= 0.3 is 4.87 Å². The Kier molecular flexibility index (Phi) is 9.84. The smallest absolute Gasteiger partial charge is 0.305 e. The zero-order chi connectivity index (χ0) is 25.3. The molecule has 0 spiro atoms. The van der Waals surface area contributed by atoms with E-state index < -0.39 is 0 Å². The number of nitrogens with one attached hydrogen (secondary N) is 2. The Morgan fingerprint density at radius 3 is 2.75 bits per heavy atom. The van der Waals surface area contributed by atoms with Crippen molar-refractivity contribution in [2.75, 3.05) is 26.2 Å². The van der Waals surface area contributed by atoms with Crippen molar-refractivity contribution >= 4 is 21.6 Å². The van der Waals surface area contributed by atoms with Crippen LogP contribution in [0.4, 0.5) is 0 Å². The number of thiazole rings is 1. The fourth-order valence-corrected chi connectivity index (χ4v) is 6.28. The van der Waals surface area contributed by atoms with Gasteiger partial charge in [0.05, 0.1) is 10.2 Å². The highest BCUT2D eigenvalue weighted by atomic mass is 32.1. The summed E-state index contributed by atoms with van der Waals surface area (Å²) in [7, 11) is 0. The largest absolute Gasteiger partial charge is 0.504 e. The van der Waals surface area contributed by atoms with Crippen molar-refractivity contribution in [3.63, 3.8) is 0 Å². The van der Waals surface area contributed by atoms with Gasteiger partial charge in [-0.2, -0.15) is 0 Å². The number of H-pyrrole nitrogens is 1. The first kappa shape index (κ1) is 26.7. The lowest BCUT2D eigenvalue weighted by Crippen LogP contribution is -2.40. The van der Waals surface area contributed by atoms with Gasteiger partial charge < -0.3 is 25.4 Å². The summed E-state index contributed by atoms with van der Waals surface area (Å²) in [5.41, 5.74) is 4.34. The van der Waals surface area contributed by atoms with Crippen LogP contribution >= 0.6 is 11.3 Å². The van der Waals surface area contributed by atoms with E-state index in [1.165, 1.54) is 54.6 Å². The first-order chi connectivity index (χ1) is 17.5. The van der Waals surface area contributed by atoms with E-state index in [9.17, 15) is 15.0 Å². The molecule has 4 rings (SSSR count). The maximum atomic E-state index is 11.5. The monoisotopic (exact) mass is 511 g/mol. The van der Waals surface area contributed by atoms with Crippen LogP contribution in [0, 0.1) is 0 Å². The Bertz CT molecular complexity index is 1170. The van der Waals surface area contributed by atoms with E-state index in [0.717, 1.165) is 74.1 Å². The van der Waals surface area contributed by atoms with Crippen LogP contribution < -0.4 is 10.2 Å². The first-order valence-corrected chi connectivity index (χ1v) is 14.5. The summed E-state index contributed by atoms with van der Waals surface area (Å²) in [6, 6.07) is 10.4. The SMILES string of the molecule is CCCN(CCCCCCCNCCc1ccc2[nH]c(=O)sc2c1)[C@H]1CCc2c(ccc(O)c2O)C1. The van der Waals surface area contributed by atoms with Crippen molar-refractivity contribution in [2.45, 2.75) is 77.2 Å². The number of phenols is 2. The number of nitrogens with zero attached hydrogens (tertiary/aromatic N) is 1. The van der Waals surface area contributed by atoms with Gasteiger partial charge in [-0.1, -0.05) is 49.7 Å². The third-order valence-electron chi connectivity index (χ3n) is 7.44. The summed E-state index contributed by atoms with van der Waals surface area (Å²) < 4.78 is 1.04. The predicted octanol–water partition coefficient (Wildman–Crippen LogP) is 5.35. The molecule has 1 aliphatic rings. The second-order valence-electron chi connectivity index (χ2n) is 10.1. The van der Waals surface area contributed by atoms with Crippen molar-refractivity contribution in [1.29, 1.82) is 0 Å². The molecule has 3 aromatic rings. The zero-order valence-corrected chi connectivity index (χ0v) is 22.3. The van der Waals surface area contributed by atoms with E-state index in [4.69, 9.17) is 0 Å². The summed E-state index contributed by atoms with van der Waals surface area (Å²) in [5, 5.41) is 23.5. The maximum absolute atomic E-state index is 11.5. The summed E-state index contributed by atoms with van der Waals surface area (Å²) in [5.74, 6) is 0.0858. The molecule has 0 amide bonds. The highest BCUT2D eigenvalue weighted by Gasteiger charge is 2.26. The van der Waals surface area contributed by atoms with E-state index >= 15 is 0 Å².